The van der Waals surface area contributed by atoms with Gasteiger partial charge in [-0.05, 0) is 43.2 Å². The van der Waals surface area contributed by atoms with Crippen molar-refractivity contribution < 1.29 is 18.0 Å². The number of fused-ring (bicyclic) bond motifs is 1. The molecule has 162 valence electrons. The van der Waals surface area contributed by atoms with Crippen LogP contribution < -0.4 is 5.32 Å². The molecule has 0 atom stereocenters. The normalized spacial score (nSPS) is 14.0. The molecule has 0 saturated carbocycles. The highest BCUT2D eigenvalue weighted by atomic mass is 32.2. The molecule has 1 aliphatic rings. The van der Waals surface area contributed by atoms with Crippen molar-refractivity contribution in [3.8, 4) is 11.4 Å². The van der Waals surface area contributed by atoms with E-state index >= 15 is 0 Å². The van der Waals surface area contributed by atoms with E-state index in [9.17, 15) is 18.0 Å². The number of thioether (sulfide) groups is 1. The van der Waals surface area contributed by atoms with Gasteiger partial charge in [-0.2, -0.15) is 13.2 Å². The molecule has 0 aliphatic carbocycles. The number of benzene rings is 2. The Morgan fingerprint density at radius 2 is 1.90 bits per heavy atom. The zero-order valence-corrected chi connectivity index (χ0v) is 17.5. The highest BCUT2D eigenvalue weighted by Gasteiger charge is 2.30. The average molecular weight is 446 g/mol. The molecule has 2 heterocycles. The first-order valence-electron chi connectivity index (χ1n) is 10.0. The van der Waals surface area contributed by atoms with Crippen LogP contribution in [0.1, 0.15) is 30.7 Å². The zero-order valence-electron chi connectivity index (χ0n) is 16.7. The molecule has 1 aliphatic heterocycles. The molecular formula is C22H21F3N4OS. The molecule has 1 amide bonds. The maximum atomic E-state index is 12.8. The standard InChI is InChI=1S/C22H21F3N4OS/c23-22(24,25)16-7-5-9-18(13-16)31-14-20(30)26-17-8-4-6-15(12-17)21-28-27-19-10-2-1-3-11-29(19)21/h4-9,12-13H,1-3,10-11,14H2,(H,26,30). The Morgan fingerprint density at radius 3 is 2.74 bits per heavy atom. The second-order valence-corrected chi connectivity index (χ2v) is 8.39. The van der Waals surface area contributed by atoms with Crippen LogP contribution in [0.25, 0.3) is 11.4 Å². The summed E-state index contributed by atoms with van der Waals surface area (Å²) >= 11 is 1.06. The molecule has 2 aromatic carbocycles. The molecule has 31 heavy (non-hydrogen) atoms. The van der Waals surface area contributed by atoms with Gasteiger partial charge in [0.1, 0.15) is 5.82 Å². The van der Waals surface area contributed by atoms with Gasteiger partial charge in [-0.1, -0.05) is 24.6 Å². The number of anilines is 1. The van der Waals surface area contributed by atoms with E-state index in [-0.39, 0.29) is 11.7 Å². The number of hydrogen-bond donors (Lipinski definition) is 1. The van der Waals surface area contributed by atoms with Gasteiger partial charge >= 0.3 is 6.18 Å². The van der Waals surface area contributed by atoms with Crippen molar-refractivity contribution in [2.75, 3.05) is 11.1 Å². The molecule has 5 nitrogen and oxygen atoms in total. The highest BCUT2D eigenvalue weighted by Crippen LogP contribution is 2.32. The Balaban J connectivity index is 1.42. The first kappa shape index (κ1) is 21.4. The van der Waals surface area contributed by atoms with E-state index in [1.54, 1.807) is 12.1 Å². The molecule has 0 radical (unpaired) electrons. The molecule has 1 aromatic heterocycles. The number of alkyl halides is 3. The number of carbonyl (C=O) groups excluding carboxylic acids is 1. The van der Waals surface area contributed by atoms with Gasteiger partial charge in [0, 0.05) is 29.1 Å². The minimum absolute atomic E-state index is 0.00582. The summed E-state index contributed by atoms with van der Waals surface area (Å²) in [7, 11) is 0. The highest BCUT2D eigenvalue weighted by molar-refractivity contribution is 8.00. The van der Waals surface area contributed by atoms with Gasteiger partial charge in [0.15, 0.2) is 5.82 Å². The van der Waals surface area contributed by atoms with Crippen LogP contribution in [-0.4, -0.2) is 26.4 Å². The molecule has 0 bridgehead atoms. The fourth-order valence-electron chi connectivity index (χ4n) is 3.54. The summed E-state index contributed by atoms with van der Waals surface area (Å²) in [6.07, 6.45) is -0.128. The number of rotatable bonds is 5. The summed E-state index contributed by atoms with van der Waals surface area (Å²) < 4.78 is 40.6. The molecule has 0 unspecified atom stereocenters. The number of hydrogen-bond acceptors (Lipinski definition) is 4. The summed E-state index contributed by atoms with van der Waals surface area (Å²) in [4.78, 5) is 12.7. The van der Waals surface area contributed by atoms with Gasteiger partial charge in [0.25, 0.3) is 0 Å². The van der Waals surface area contributed by atoms with E-state index in [4.69, 9.17) is 0 Å². The van der Waals surface area contributed by atoms with Crippen molar-refractivity contribution in [2.24, 2.45) is 0 Å². The lowest BCUT2D eigenvalue weighted by Gasteiger charge is -2.10. The number of nitrogens with one attached hydrogen (secondary N) is 1. The topological polar surface area (TPSA) is 59.8 Å². The second-order valence-electron chi connectivity index (χ2n) is 7.35. The van der Waals surface area contributed by atoms with Crippen LogP contribution in [0.3, 0.4) is 0 Å². The third-order valence-corrected chi connectivity index (χ3v) is 6.04. The fourth-order valence-corrected chi connectivity index (χ4v) is 4.30. The van der Waals surface area contributed by atoms with Crippen LogP contribution >= 0.6 is 11.8 Å². The summed E-state index contributed by atoms with van der Waals surface area (Å²) in [5.74, 6) is 1.48. The second kappa shape index (κ2) is 9.13. The Bertz CT molecular complexity index is 1080. The van der Waals surface area contributed by atoms with E-state index in [1.165, 1.54) is 12.5 Å². The van der Waals surface area contributed by atoms with Crippen molar-refractivity contribution in [2.45, 2.75) is 43.3 Å². The first-order chi connectivity index (χ1) is 14.9. The van der Waals surface area contributed by atoms with Crippen molar-refractivity contribution in [1.82, 2.24) is 14.8 Å². The molecule has 4 rings (SSSR count). The molecule has 0 fully saturated rings. The fraction of sp³-hybridized carbons (Fsp3) is 0.318. The van der Waals surface area contributed by atoms with E-state index in [1.807, 2.05) is 18.2 Å². The van der Waals surface area contributed by atoms with Crippen LogP contribution in [-0.2, 0) is 23.9 Å². The Hall–Kier alpha value is -2.81. The largest absolute Gasteiger partial charge is 0.416 e. The summed E-state index contributed by atoms with van der Waals surface area (Å²) in [5, 5.41) is 11.5. The summed E-state index contributed by atoms with van der Waals surface area (Å²) in [6, 6.07) is 12.3. The van der Waals surface area contributed by atoms with Gasteiger partial charge in [-0.3, -0.25) is 4.79 Å². The number of amides is 1. The maximum absolute atomic E-state index is 12.8. The van der Waals surface area contributed by atoms with E-state index in [0.29, 0.717) is 10.6 Å². The number of halogens is 3. The minimum Gasteiger partial charge on any atom is -0.325 e. The predicted molar refractivity (Wildman–Crippen MR) is 114 cm³/mol. The lowest BCUT2D eigenvalue weighted by atomic mass is 10.2. The van der Waals surface area contributed by atoms with Crippen molar-refractivity contribution in [3.05, 3.63) is 59.9 Å². The van der Waals surface area contributed by atoms with Crippen molar-refractivity contribution in [3.63, 3.8) is 0 Å². The smallest absolute Gasteiger partial charge is 0.325 e. The van der Waals surface area contributed by atoms with Crippen LogP contribution in [0.4, 0.5) is 18.9 Å². The van der Waals surface area contributed by atoms with Gasteiger partial charge < -0.3 is 9.88 Å². The van der Waals surface area contributed by atoms with Gasteiger partial charge in [0.2, 0.25) is 5.91 Å². The number of carbonyl (C=O) groups is 1. The Morgan fingerprint density at radius 1 is 1.06 bits per heavy atom. The molecule has 0 saturated heterocycles. The van der Waals surface area contributed by atoms with E-state index < -0.39 is 11.7 Å². The van der Waals surface area contributed by atoms with Crippen molar-refractivity contribution in [1.29, 1.82) is 0 Å². The number of aryl methyl sites for hydroxylation is 1. The van der Waals surface area contributed by atoms with Crippen LogP contribution in [0, 0.1) is 0 Å². The minimum atomic E-state index is -4.40. The summed E-state index contributed by atoms with van der Waals surface area (Å²) in [6.45, 7) is 0.877. The molecule has 1 N–H and O–H groups in total. The van der Waals surface area contributed by atoms with Crippen LogP contribution in [0.15, 0.2) is 53.4 Å². The quantitative estimate of drug-likeness (QED) is 0.532. The van der Waals surface area contributed by atoms with Crippen LogP contribution in [0.5, 0.6) is 0 Å². The molecule has 0 spiro atoms. The van der Waals surface area contributed by atoms with E-state index in [0.717, 1.165) is 66.9 Å². The monoisotopic (exact) mass is 446 g/mol. The molecule has 3 aromatic rings. The number of aromatic nitrogens is 3. The van der Waals surface area contributed by atoms with Gasteiger partial charge in [0.05, 0.1) is 11.3 Å². The third kappa shape index (κ3) is 5.28. The molecule has 9 heteroatoms. The van der Waals surface area contributed by atoms with Gasteiger partial charge in [-0.25, -0.2) is 0 Å². The predicted octanol–water partition coefficient (Wildman–Crippen LogP) is 5.42. The maximum Gasteiger partial charge on any atom is 0.416 e. The number of nitrogens with zero attached hydrogens (tertiary/aromatic N) is 3. The SMILES string of the molecule is O=C(CSc1cccc(C(F)(F)F)c1)Nc1cccc(-c2nnc3n2CCCCC3)c1. The average Bonchev–Trinajstić information content (AvgIpc) is 3.00. The third-order valence-electron chi connectivity index (χ3n) is 5.05. The Kier molecular flexibility index (Phi) is 6.31. The molecular weight excluding hydrogens is 425 g/mol. The Labute approximate surface area is 182 Å². The lowest BCUT2D eigenvalue weighted by molar-refractivity contribution is -0.137. The van der Waals surface area contributed by atoms with E-state index in [2.05, 4.69) is 20.1 Å². The first-order valence-corrected chi connectivity index (χ1v) is 11.0. The van der Waals surface area contributed by atoms with Gasteiger partial charge in [-0.15, -0.1) is 22.0 Å². The van der Waals surface area contributed by atoms with Crippen LogP contribution in [0.2, 0.25) is 0 Å². The van der Waals surface area contributed by atoms with Crippen molar-refractivity contribution >= 4 is 23.4 Å². The lowest BCUT2D eigenvalue weighted by Crippen LogP contribution is -2.14. The zero-order chi connectivity index (χ0) is 21.8. The summed E-state index contributed by atoms with van der Waals surface area (Å²) in [5.41, 5.74) is 0.750.